The average molecular weight is 457 g/mol. The van der Waals surface area contributed by atoms with Crippen LogP contribution in [-0.4, -0.2) is 36.2 Å². The van der Waals surface area contributed by atoms with Gasteiger partial charge < -0.3 is 10.1 Å². The number of aromatic nitrogens is 5. The van der Waals surface area contributed by atoms with Crippen molar-refractivity contribution in [2.45, 2.75) is 50.0 Å². The number of halogens is 1. The number of hydrogen-bond donors (Lipinski definition) is 1. The molecule has 10 heteroatoms. The van der Waals surface area contributed by atoms with E-state index in [4.69, 9.17) is 4.74 Å². The summed E-state index contributed by atoms with van der Waals surface area (Å²) in [6, 6.07) is 8.36. The van der Waals surface area contributed by atoms with Gasteiger partial charge in [0.25, 0.3) is 0 Å². The number of thioether (sulfide) groups is 1. The summed E-state index contributed by atoms with van der Waals surface area (Å²) in [5.41, 5.74) is 0. The van der Waals surface area contributed by atoms with Crippen LogP contribution in [0.3, 0.4) is 0 Å². The first-order valence-electron chi connectivity index (χ1n) is 10.5. The maximum absolute atomic E-state index is 13.8. The number of carbonyl (C=O) groups is 1. The number of nitrogens with zero attached hydrogens (tertiary/aromatic N) is 5. The van der Waals surface area contributed by atoms with E-state index in [0.717, 1.165) is 12.8 Å². The number of para-hydroxylation sites is 1. The van der Waals surface area contributed by atoms with Gasteiger partial charge in [-0.2, -0.15) is 5.10 Å². The lowest BCUT2D eigenvalue weighted by Crippen LogP contribution is -2.19. The van der Waals surface area contributed by atoms with Crippen LogP contribution in [0.25, 0.3) is 0 Å². The minimum Gasteiger partial charge on any atom is -0.483 e. The quantitative estimate of drug-likeness (QED) is 0.363. The van der Waals surface area contributed by atoms with Gasteiger partial charge in [-0.3, -0.25) is 9.36 Å². The maximum Gasteiger partial charge on any atom is 0.235 e. The number of nitrogens with one attached hydrogen (secondary N) is 1. The maximum atomic E-state index is 13.8. The summed E-state index contributed by atoms with van der Waals surface area (Å²) in [5.74, 6) is 0.967. The summed E-state index contributed by atoms with van der Waals surface area (Å²) in [5, 5.41) is 16.2. The van der Waals surface area contributed by atoms with Crippen molar-refractivity contribution in [2.75, 3.05) is 11.1 Å². The van der Waals surface area contributed by atoms with E-state index in [1.54, 1.807) is 35.0 Å². The van der Waals surface area contributed by atoms with Crippen molar-refractivity contribution in [1.82, 2.24) is 24.5 Å². The molecular formula is C22H25FN6O2S. The Morgan fingerprint density at radius 3 is 2.88 bits per heavy atom. The van der Waals surface area contributed by atoms with E-state index in [1.165, 1.54) is 30.7 Å². The standard InChI is InChI=1S/C22H25FN6O2S/c1-2-13-28-20(14-31-18-10-6-5-9-17(18)23)26-27-22(28)32-15-21(30)25-19-11-12-24-29(19)16-7-3-4-8-16/h2,5-6,9-12,16H,1,3-4,7-8,13-15H2,(H,25,30). The number of benzene rings is 1. The smallest absolute Gasteiger partial charge is 0.235 e. The molecule has 8 nitrogen and oxygen atoms in total. The third kappa shape index (κ3) is 5.18. The molecule has 0 unspecified atom stereocenters. The highest BCUT2D eigenvalue weighted by Crippen LogP contribution is 2.31. The average Bonchev–Trinajstić information content (AvgIpc) is 3.54. The molecule has 1 aromatic carbocycles. The SMILES string of the molecule is C=CCn1c(COc2ccccc2F)nnc1SCC(=O)Nc1ccnn1C1CCCC1. The molecule has 0 saturated heterocycles. The van der Waals surface area contributed by atoms with Gasteiger partial charge in [0.2, 0.25) is 5.91 Å². The fraction of sp³-hybridized carbons (Fsp3) is 0.364. The third-order valence-electron chi connectivity index (χ3n) is 5.24. The molecule has 0 bridgehead atoms. The lowest BCUT2D eigenvalue weighted by atomic mass is 10.2. The van der Waals surface area contributed by atoms with Gasteiger partial charge in [0, 0.05) is 12.6 Å². The van der Waals surface area contributed by atoms with Crippen molar-refractivity contribution < 1.29 is 13.9 Å². The summed E-state index contributed by atoms with van der Waals surface area (Å²) in [6.45, 7) is 4.26. The van der Waals surface area contributed by atoms with Crippen LogP contribution in [0.15, 0.2) is 54.3 Å². The Labute approximate surface area is 189 Å². The molecule has 0 aliphatic heterocycles. The molecule has 32 heavy (non-hydrogen) atoms. The minimum absolute atomic E-state index is 0.0507. The molecule has 0 atom stereocenters. The van der Waals surface area contributed by atoms with E-state index >= 15 is 0 Å². The molecule has 1 aliphatic rings. The van der Waals surface area contributed by atoms with E-state index in [1.807, 2.05) is 10.7 Å². The second-order valence-corrected chi connectivity index (χ2v) is 8.40. The van der Waals surface area contributed by atoms with Crippen LogP contribution >= 0.6 is 11.8 Å². The number of allylic oxidation sites excluding steroid dienone is 1. The Kier molecular flexibility index (Phi) is 7.21. The highest BCUT2D eigenvalue weighted by molar-refractivity contribution is 7.99. The van der Waals surface area contributed by atoms with Gasteiger partial charge in [0.15, 0.2) is 22.5 Å². The van der Waals surface area contributed by atoms with E-state index in [9.17, 15) is 9.18 Å². The second-order valence-electron chi connectivity index (χ2n) is 7.45. The fourth-order valence-electron chi connectivity index (χ4n) is 3.71. The van der Waals surface area contributed by atoms with E-state index < -0.39 is 5.82 Å². The molecule has 2 heterocycles. The molecule has 1 amide bonds. The molecule has 168 valence electrons. The topological polar surface area (TPSA) is 86.9 Å². The zero-order chi connectivity index (χ0) is 22.3. The van der Waals surface area contributed by atoms with Crippen LogP contribution in [0.1, 0.15) is 37.5 Å². The second kappa shape index (κ2) is 10.4. The van der Waals surface area contributed by atoms with Crippen LogP contribution in [0.2, 0.25) is 0 Å². The van der Waals surface area contributed by atoms with Crippen molar-refractivity contribution in [3.05, 3.63) is 60.8 Å². The first kappa shape index (κ1) is 22.1. The predicted octanol–water partition coefficient (Wildman–Crippen LogP) is 4.22. The van der Waals surface area contributed by atoms with Crippen LogP contribution in [0.5, 0.6) is 5.75 Å². The third-order valence-corrected chi connectivity index (χ3v) is 6.21. The van der Waals surface area contributed by atoms with Gasteiger partial charge >= 0.3 is 0 Å². The van der Waals surface area contributed by atoms with Crippen molar-refractivity contribution >= 4 is 23.5 Å². The minimum atomic E-state index is -0.439. The fourth-order valence-corrected chi connectivity index (χ4v) is 4.48. The van der Waals surface area contributed by atoms with Crippen molar-refractivity contribution in [3.63, 3.8) is 0 Å². The van der Waals surface area contributed by atoms with E-state index in [-0.39, 0.29) is 24.0 Å². The van der Waals surface area contributed by atoms with Gasteiger partial charge in [-0.15, -0.1) is 16.8 Å². The zero-order valence-electron chi connectivity index (χ0n) is 17.6. The van der Waals surface area contributed by atoms with Crippen LogP contribution in [0.4, 0.5) is 10.2 Å². The molecule has 3 aromatic rings. The van der Waals surface area contributed by atoms with E-state index in [2.05, 4.69) is 27.2 Å². The summed E-state index contributed by atoms with van der Waals surface area (Å²) in [7, 11) is 0. The summed E-state index contributed by atoms with van der Waals surface area (Å²) < 4.78 is 23.1. The number of ether oxygens (including phenoxy) is 1. The molecule has 0 spiro atoms. The number of amides is 1. The zero-order valence-corrected chi connectivity index (χ0v) is 18.4. The Hall–Kier alpha value is -3.14. The molecule has 1 aliphatic carbocycles. The summed E-state index contributed by atoms with van der Waals surface area (Å²) >= 11 is 1.27. The summed E-state index contributed by atoms with van der Waals surface area (Å²) in [4.78, 5) is 12.6. The Morgan fingerprint density at radius 1 is 1.28 bits per heavy atom. The van der Waals surface area contributed by atoms with Crippen LogP contribution in [-0.2, 0) is 17.9 Å². The first-order chi connectivity index (χ1) is 15.7. The molecular weight excluding hydrogens is 431 g/mol. The first-order valence-corrected chi connectivity index (χ1v) is 11.5. The largest absolute Gasteiger partial charge is 0.483 e. The predicted molar refractivity (Wildman–Crippen MR) is 120 cm³/mol. The lowest BCUT2D eigenvalue weighted by Gasteiger charge is -2.14. The Morgan fingerprint density at radius 2 is 2.09 bits per heavy atom. The van der Waals surface area contributed by atoms with Crippen molar-refractivity contribution in [1.29, 1.82) is 0 Å². The molecule has 0 radical (unpaired) electrons. The van der Waals surface area contributed by atoms with E-state index in [0.29, 0.717) is 29.4 Å². The molecule has 1 fully saturated rings. The Bertz CT molecular complexity index is 1080. The molecule has 2 aromatic heterocycles. The normalized spacial score (nSPS) is 13.9. The van der Waals surface area contributed by atoms with Gasteiger partial charge in [-0.1, -0.05) is 42.8 Å². The number of anilines is 1. The van der Waals surface area contributed by atoms with Crippen molar-refractivity contribution in [2.24, 2.45) is 0 Å². The van der Waals surface area contributed by atoms with Crippen LogP contribution in [0, 0.1) is 5.82 Å². The molecule has 1 N–H and O–H groups in total. The molecule has 1 saturated carbocycles. The highest BCUT2D eigenvalue weighted by atomic mass is 32.2. The van der Waals surface area contributed by atoms with Gasteiger partial charge in [-0.05, 0) is 25.0 Å². The summed E-state index contributed by atoms with van der Waals surface area (Å²) in [6.07, 6.45) is 7.97. The van der Waals surface area contributed by atoms with Gasteiger partial charge in [-0.25, -0.2) is 9.07 Å². The number of rotatable bonds is 10. The number of hydrogen-bond acceptors (Lipinski definition) is 6. The molecule has 4 rings (SSSR count). The van der Waals surface area contributed by atoms with Crippen molar-refractivity contribution in [3.8, 4) is 5.75 Å². The Balaban J connectivity index is 1.37. The number of carbonyl (C=O) groups excluding carboxylic acids is 1. The van der Waals surface area contributed by atoms with Gasteiger partial charge in [0.05, 0.1) is 18.0 Å². The highest BCUT2D eigenvalue weighted by Gasteiger charge is 2.21. The van der Waals surface area contributed by atoms with Gasteiger partial charge in [0.1, 0.15) is 12.4 Å². The lowest BCUT2D eigenvalue weighted by molar-refractivity contribution is -0.113. The van der Waals surface area contributed by atoms with Crippen LogP contribution < -0.4 is 10.1 Å². The monoisotopic (exact) mass is 456 g/mol.